The minimum atomic E-state index is 0.907. The lowest BCUT2D eigenvalue weighted by molar-refractivity contribution is 0.756. The van der Waals surface area contributed by atoms with Crippen molar-refractivity contribution in [3.63, 3.8) is 0 Å². The standard InChI is InChI=1S/C12H13I/c1-2-3-4-5-7-11-8-6-9-12(13)10-11/h1,6,8-10H,3-5,7H2. The summed E-state index contributed by atoms with van der Waals surface area (Å²) in [5.41, 5.74) is 1.42. The first-order valence-corrected chi connectivity index (χ1v) is 5.58. The van der Waals surface area contributed by atoms with Gasteiger partial charge in [0.15, 0.2) is 0 Å². The summed E-state index contributed by atoms with van der Waals surface area (Å²) in [6.45, 7) is 0. The second-order valence-corrected chi connectivity index (χ2v) is 4.29. The molecule has 0 aliphatic rings. The summed E-state index contributed by atoms with van der Waals surface area (Å²) in [4.78, 5) is 0. The molecule has 0 N–H and O–H groups in total. The minimum absolute atomic E-state index is 0.907. The van der Waals surface area contributed by atoms with Crippen molar-refractivity contribution in [3.8, 4) is 12.3 Å². The van der Waals surface area contributed by atoms with E-state index >= 15 is 0 Å². The highest BCUT2D eigenvalue weighted by molar-refractivity contribution is 14.1. The molecule has 0 aromatic heterocycles. The number of aryl methyl sites for hydroxylation is 1. The molecule has 0 amide bonds. The van der Waals surface area contributed by atoms with Crippen molar-refractivity contribution >= 4 is 22.6 Å². The van der Waals surface area contributed by atoms with Crippen LogP contribution in [0, 0.1) is 15.9 Å². The fourth-order valence-corrected chi connectivity index (χ4v) is 1.86. The van der Waals surface area contributed by atoms with Gasteiger partial charge in [-0.2, -0.15) is 0 Å². The van der Waals surface area contributed by atoms with Gasteiger partial charge in [-0.15, -0.1) is 12.3 Å². The van der Waals surface area contributed by atoms with Gasteiger partial charge in [-0.3, -0.25) is 0 Å². The maximum absolute atomic E-state index is 5.18. The lowest BCUT2D eigenvalue weighted by atomic mass is 10.1. The monoisotopic (exact) mass is 284 g/mol. The fraction of sp³-hybridized carbons (Fsp3) is 0.333. The predicted octanol–water partition coefficient (Wildman–Crippen LogP) is 3.64. The molecule has 0 saturated heterocycles. The first-order chi connectivity index (χ1) is 6.33. The summed E-state index contributed by atoms with van der Waals surface area (Å²) in [6, 6.07) is 8.64. The highest BCUT2D eigenvalue weighted by atomic mass is 127. The van der Waals surface area contributed by atoms with Crippen molar-refractivity contribution in [3.05, 3.63) is 33.4 Å². The number of unbranched alkanes of at least 4 members (excludes halogenated alkanes) is 2. The third kappa shape index (κ3) is 4.33. The van der Waals surface area contributed by atoms with Crippen LogP contribution in [-0.2, 0) is 6.42 Å². The van der Waals surface area contributed by atoms with Crippen LogP contribution in [0.5, 0.6) is 0 Å². The van der Waals surface area contributed by atoms with Crippen LogP contribution in [0.15, 0.2) is 24.3 Å². The van der Waals surface area contributed by atoms with E-state index in [1.165, 1.54) is 15.6 Å². The largest absolute Gasteiger partial charge is 0.120 e. The average molecular weight is 284 g/mol. The zero-order valence-corrected chi connectivity index (χ0v) is 9.75. The van der Waals surface area contributed by atoms with Gasteiger partial charge >= 0.3 is 0 Å². The topological polar surface area (TPSA) is 0 Å². The maximum atomic E-state index is 5.18. The van der Waals surface area contributed by atoms with Crippen LogP contribution in [0.25, 0.3) is 0 Å². The van der Waals surface area contributed by atoms with Crippen LogP contribution in [0.2, 0.25) is 0 Å². The Morgan fingerprint density at radius 2 is 2.15 bits per heavy atom. The van der Waals surface area contributed by atoms with E-state index in [4.69, 9.17) is 6.42 Å². The van der Waals surface area contributed by atoms with Gasteiger partial charge < -0.3 is 0 Å². The number of rotatable bonds is 4. The van der Waals surface area contributed by atoms with Gasteiger partial charge in [0.2, 0.25) is 0 Å². The molecule has 1 aromatic carbocycles. The summed E-state index contributed by atoms with van der Waals surface area (Å²) in [7, 11) is 0. The smallest absolute Gasteiger partial charge is 0.0133 e. The van der Waals surface area contributed by atoms with Crippen LogP contribution in [-0.4, -0.2) is 0 Å². The van der Waals surface area contributed by atoms with Gasteiger partial charge in [0.05, 0.1) is 0 Å². The van der Waals surface area contributed by atoms with E-state index in [9.17, 15) is 0 Å². The molecule has 0 bridgehead atoms. The van der Waals surface area contributed by atoms with E-state index < -0.39 is 0 Å². The Kier molecular flexibility index (Phi) is 4.92. The van der Waals surface area contributed by atoms with E-state index in [-0.39, 0.29) is 0 Å². The molecule has 1 rings (SSSR count). The van der Waals surface area contributed by atoms with Crippen molar-refractivity contribution in [2.75, 3.05) is 0 Å². The van der Waals surface area contributed by atoms with Gasteiger partial charge in [-0.05, 0) is 59.5 Å². The molecule has 13 heavy (non-hydrogen) atoms. The Morgan fingerprint density at radius 3 is 2.85 bits per heavy atom. The van der Waals surface area contributed by atoms with E-state index in [1.54, 1.807) is 0 Å². The zero-order valence-electron chi connectivity index (χ0n) is 7.59. The molecule has 1 heteroatoms. The first kappa shape index (κ1) is 10.6. The first-order valence-electron chi connectivity index (χ1n) is 4.51. The SMILES string of the molecule is C#CCCCCc1cccc(I)c1. The summed E-state index contributed by atoms with van der Waals surface area (Å²) >= 11 is 2.34. The average Bonchev–Trinajstić information content (AvgIpc) is 2.13. The van der Waals surface area contributed by atoms with Gasteiger partial charge in [-0.1, -0.05) is 12.1 Å². The summed E-state index contributed by atoms with van der Waals surface area (Å²) in [5, 5.41) is 0. The van der Waals surface area contributed by atoms with Crippen LogP contribution in [0.4, 0.5) is 0 Å². The Morgan fingerprint density at radius 1 is 1.31 bits per heavy atom. The fourth-order valence-electron chi connectivity index (χ4n) is 1.25. The number of benzene rings is 1. The molecule has 0 spiro atoms. The van der Waals surface area contributed by atoms with Crippen LogP contribution >= 0.6 is 22.6 Å². The quantitative estimate of drug-likeness (QED) is 0.450. The van der Waals surface area contributed by atoms with E-state index in [2.05, 4.69) is 52.8 Å². The molecule has 0 saturated carbocycles. The van der Waals surface area contributed by atoms with Crippen LogP contribution in [0.3, 0.4) is 0 Å². The van der Waals surface area contributed by atoms with Gasteiger partial charge in [0, 0.05) is 9.99 Å². The number of halogens is 1. The molecule has 0 unspecified atom stereocenters. The second-order valence-electron chi connectivity index (χ2n) is 3.04. The Balaban J connectivity index is 2.33. The van der Waals surface area contributed by atoms with Crippen molar-refractivity contribution in [1.82, 2.24) is 0 Å². The molecule has 0 fully saturated rings. The normalized spacial score (nSPS) is 9.54. The van der Waals surface area contributed by atoms with Crippen LogP contribution < -0.4 is 0 Å². The molecule has 0 atom stereocenters. The Hall–Kier alpha value is -0.490. The summed E-state index contributed by atoms with van der Waals surface area (Å²) in [5.74, 6) is 2.66. The Bertz CT molecular complexity index is 296. The third-order valence-electron chi connectivity index (χ3n) is 1.93. The van der Waals surface area contributed by atoms with E-state index in [1.807, 2.05) is 0 Å². The van der Waals surface area contributed by atoms with Gasteiger partial charge in [-0.25, -0.2) is 0 Å². The van der Waals surface area contributed by atoms with Crippen molar-refractivity contribution in [2.45, 2.75) is 25.7 Å². The van der Waals surface area contributed by atoms with Gasteiger partial charge in [0.25, 0.3) is 0 Å². The molecule has 0 aliphatic carbocycles. The number of hydrogen-bond acceptors (Lipinski definition) is 0. The number of terminal acetylenes is 1. The van der Waals surface area contributed by atoms with Crippen molar-refractivity contribution in [2.24, 2.45) is 0 Å². The van der Waals surface area contributed by atoms with Gasteiger partial charge in [0.1, 0.15) is 0 Å². The van der Waals surface area contributed by atoms with Crippen LogP contribution in [0.1, 0.15) is 24.8 Å². The highest BCUT2D eigenvalue weighted by Gasteiger charge is 1.93. The molecule has 0 radical (unpaired) electrons. The summed E-state index contributed by atoms with van der Waals surface area (Å²) < 4.78 is 1.31. The maximum Gasteiger partial charge on any atom is 0.0133 e. The second kappa shape index (κ2) is 6.04. The molecule has 0 nitrogen and oxygen atoms in total. The predicted molar refractivity (Wildman–Crippen MR) is 65.5 cm³/mol. The lowest BCUT2D eigenvalue weighted by Gasteiger charge is -2.00. The molecule has 1 aromatic rings. The molecule has 68 valence electrons. The third-order valence-corrected chi connectivity index (χ3v) is 2.60. The highest BCUT2D eigenvalue weighted by Crippen LogP contribution is 2.10. The van der Waals surface area contributed by atoms with Crippen molar-refractivity contribution in [1.29, 1.82) is 0 Å². The minimum Gasteiger partial charge on any atom is -0.120 e. The zero-order chi connectivity index (χ0) is 9.52. The molecule has 0 aliphatic heterocycles. The summed E-state index contributed by atoms with van der Waals surface area (Å²) in [6.07, 6.45) is 9.58. The van der Waals surface area contributed by atoms with E-state index in [0.29, 0.717) is 0 Å². The van der Waals surface area contributed by atoms with Crippen molar-refractivity contribution < 1.29 is 0 Å². The Labute approximate surface area is 93.9 Å². The van der Waals surface area contributed by atoms with E-state index in [0.717, 1.165) is 19.3 Å². The molecular formula is C12H13I. The molecule has 0 heterocycles. The molecular weight excluding hydrogens is 271 g/mol. The number of hydrogen-bond donors (Lipinski definition) is 0. The lowest BCUT2D eigenvalue weighted by Crippen LogP contribution is -1.85.